The molecule has 8 heteroatoms. The molecule has 3 rings (SSSR count). The maximum atomic E-state index is 12.4. The van der Waals surface area contributed by atoms with Crippen LogP contribution in [-0.2, 0) is 22.4 Å². The molecule has 6 nitrogen and oxygen atoms in total. The molecule has 31 heavy (non-hydrogen) atoms. The van der Waals surface area contributed by atoms with E-state index in [0.29, 0.717) is 36.0 Å². The smallest absolute Gasteiger partial charge is 0.289 e. The topological polar surface area (TPSA) is 78.9 Å². The summed E-state index contributed by atoms with van der Waals surface area (Å²) in [6, 6.07) is 13.0. The van der Waals surface area contributed by atoms with Crippen LogP contribution in [0.25, 0.3) is 0 Å². The van der Waals surface area contributed by atoms with Crippen molar-refractivity contribution in [3.63, 3.8) is 0 Å². The lowest BCUT2D eigenvalue weighted by atomic mass is 10.1. The van der Waals surface area contributed by atoms with Crippen molar-refractivity contribution in [2.45, 2.75) is 19.3 Å². The van der Waals surface area contributed by atoms with Crippen molar-refractivity contribution in [1.29, 1.82) is 0 Å². The Morgan fingerprint density at radius 3 is 2.48 bits per heavy atom. The summed E-state index contributed by atoms with van der Waals surface area (Å²) < 4.78 is 5.13. The van der Waals surface area contributed by atoms with E-state index in [1.165, 1.54) is 4.90 Å². The molecule has 1 aliphatic rings. The average molecular weight is 463 g/mol. The summed E-state index contributed by atoms with van der Waals surface area (Å²) in [5, 5.41) is 13.9. The van der Waals surface area contributed by atoms with Crippen LogP contribution >= 0.6 is 23.2 Å². The van der Waals surface area contributed by atoms with Crippen LogP contribution in [-0.4, -0.2) is 48.6 Å². The Balaban J connectivity index is 1.45. The molecule has 1 heterocycles. The largest absolute Gasteiger partial charge is 0.503 e. The normalized spacial score (nSPS) is 13.6. The zero-order chi connectivity index (χ0) is 22.4. The molecule has 0 aromatic heterocycles. The Morgan fingerprint density at radius 1 is 1.10 bits per heavy atom. The Labute approximate surface area is 191 Å². The van der Waals surface area contributed by atoms with E-state index in [9.17, 15) is 14.7 Å². The van der Waals surface area contributed by atoms with Gasteiger partial charge in [-0.1, -0.05) is 41.4 Å². The molecular formula is C23H24Cl2N2O4. The second-order valence-corrected chi connectivity index (χ2v) is 8.07. The van der Waals surface area contributed by atoms with E-state index >= 15 is 0 Å². The number of carbonyl (C=O) groups is 2. The van der Waals surface area contributed by atoms with Gasteiger partial charge in [0.15, 0.2) is 5.76 Å². The zero-order valence-corrected chi connectivity index (χ0v) is 18.7. The van der Waals surface area contributed by atoms with Crippen LogP contribution in [0.4, 0.5) is 0 Å². The van der Waals surface area contributed by atoms with E-state index in [-0.39, 0.29) is 12.1 Å². The van der Waals surface area contributed by atoms with Crippen molar-refractivity contribution in [3.8, 4) is 5.75 Å². The fourth-order valence-corrected chi connectivity index (χ4v) is 3.65. The first kappa shape index (κ1) is 23.0. The number of aliphatic hydroxyl groups excluding tert-OH is 1. The minimum absolute atomic E-state index is 0.0967. The number of methoxy groups -OCH3 is 1. The monoisotopic (exact) mass is 462 g/mol. The van der Waals surface area contributed by atoms with E-state index in [1.807, 2.05) is 30.3 Å². The van der Waals surface area contributed by atoms with Gasteiger partial charge in [-0.05, 0) is 54.7 Å². The Morgan fingerprint density at radius 2 is 1.81 bits per heavy atom. The lowest BCUT2D eigenvalue weighted by Gasteiger charge is -2.16. The number of aryl methyl sites for hydroxylation is 1. The van der Waals surface area contributed by atoms with E-state index in [4.69, 9.17) is 27.9 Å². The highest BCUT2D eigenvalue weighted by Crippen LogP contribution is 2.23. The highest BCUT2D eigenvalue weighted by Gasteiger charge is 2.33. The maximum absolute atomic E-state index is 12.4. The molecule has 1 aliphatic heterocycles. The number of nitrogens with zero attached hydrogens (tertiary/aromatic N) is 1. The lowest BCUT2D eigenvalue weighted by molar-refractivity contribution is -0.127. The van der Waals surface area contributed by atoms with Gasteiger partial charge < -0.3 is 20.1 Å². The zero-order valence-electron chi connectivity index (χ0n) is 17.2. The summed E-state index contributed by atoms with van der Waals surface area (Å²) in [5.74, 6) is -0.656. The van der Waals surface area contributed by atoms with Gasteiger partial charge in [0.1, 0.15) is 5.75 Å². The van der Waals surface area contributed by atoms with Crippen LogP contribution in [0.15, 0.2) is 53.8 Å². The summed E-state index contributed by atoms with van der Waals surface area (Å²) in [6.45, 7) is 0.915. The molecule has 164 valence electrons. The first-order valence-electron chi connectivity index (χ1n) is 9.95. The standard InChI is InChI=1S/C23H24Cl2N2O4/c1-31-17-7-4-15(5-8-17)10-12-27-14-18(21(28)23(27)30)22(29)26-11-2-3-16-6-9-19(24)20(25)13-16/h4-9,13,28H,2-3,10-12,14H2,1H3,(H,26,29). The van der Waals surface area contributed by atoms with Gasteiger partial charge in [0, 0.05) is 13.1 Å². The molecule has 2 N–H and O–H groups in total. The highest BCUT2D eigenvalue weighted by molar-refractivity contribution is 6.42. The van der Waals surface area contributed by atoms with E-state index < -0.39 is 17.6 Å². The quantitative estimate of drug-likeness (QED) is 0.553. The van der Waals surface area contributed by atoms with Gasteiger partial charge in [0.05, 0.1) is 29.3 Å². The Kier molecular flexibility index (Phi) is 7.82. The first-order chi connectivity index (χ1) is 14.9. The van der Waals surface area contributed by atoms with Crippen LogP contribution in [0.1, 0.15) is 17.5 Å². The van der Waals surface area contributed by atoms with Crippen molar-refractivity contribution >= 4 is 35.0 Å². The third-order valence-corrected chi connectivity index (χ3v) is 5.88. The predicted molar refractivity (Wildman–Crippen MR) is 121 cm³/mol. The predicted octanol–water partition coefficient (Wildman–Crippen LogP) is 3.95. The number of amides is 2. The van der Waals surface area contributed by atoms with Crippen molar-refractivity contribution in [1.82, 2.24) is 10.2 Å². The first-order valence-corrected chi connectivity index (χ1v) is 10.7. The average Bonchev–Trinajstić information content (AvgIpc) is 3.06. The lowest BCUT2D eigenvalue weighted by Crippen LogP contribution is -2.32. The summed E-state index contributed by atoms with van der Waals surface area (Å²) >= 11 is 11.9. The second-order valence-electron chi connectivity index (χ2n) is 7.26. The molecular weight excluding hydrogens is 439 g/mol. The molecule has 0 aliphatic carbocycles. The van der Waals surface area contributed by atoms with Gasteiger partial charge in [-0.2, -0.15) is 0 Å². The minimum atomic E-state index is -0.519. The number of nitrogens with one attached hydrogen (secondary N) is 1. The fraction of sp³-hybridized carbons (Fsp3) is 0.304. The van der Waals surface area contributed by atoms with Gasteiger partial charge in [-0.15, -0.1) is 0 Å². The molecule has 0 radical (unpaired) electrons. The van der Waals surface area contributed by atoms with Crippen LogP contribution in [0.3, 0.4) is 0 Å². The molecule has 0 atom stereocenters. The SMILES string of the molecule is COc1ccc(CCN2CC(C(=O)NCCCc3ccc(Cl)c(Cl)c3)=C(O)C2=O)cc1. The van der Waals surface area contributed by atoms with Crippen LogP contribution in [0.5, 0.6) is 5.75 Å². The number of hydrogen-bond donors (Lipinski definition) is 2. The summed E-state index contributed by atoms with van der Waals surface area (Å²) in [6.07, 6.45) is 2.02. The Hall–Kier alpha value is -2.70. The maximum Gasteiger partial charge on any atom is 0.289 e. The van der Waals surface area contributed by atoms with Crippen LogP contribution in [0, 0.1) is 0 Å². The van der Waals surface area contributed by atoms with Gasteiger partial charge in [-0.3, -0.25) is 9.59 Å². The van der Waals surface area contributed by atoms with E-state index in [1.54, 1.807) is 19.2 Å². The van der Waals surface area contributed by atoms with Gasteiger partial charge in [-0.25, -0.2) is 0 Å². The molecule has 2 aromatic carbocycles. The van der Waals surface area contributed by atoms with Crippen molar-refractivity contribution in [3.05, 3.63) is 75.0 Å². The highest BCUT2D eigenvalue weighted by atomic mass is 35.5. The molecule has 0 bridgehead atoms. The number of halogens is 2. The molecule has 2 amide bonds. The van der Waals surface area contributed by atoms with Crippen molar-refractivity contribution in [2.75, 3.05) is 26.7 Å². The Bertz CT molecular complexity index is 990. The molecule has 0 saturated heterocycles. The van der Waals surface area contributed by atoms with Crippen LogP contribution < -0.4 is 10.1 Å². The molecule has 0 saturated carbocycles. The number of carbonyl (C=O) groups excluding carboxylic acids is 2. The van der Waals surface area contributed by atoms with Gasteiger partial charge in [0.2, 0.25) is 0 Å². The number of ether oxygens (including phenoxy) is 1. The van der Waals surface area contributed by atoms with Crippen LogP contribution in [0.2, 0.25) is 10.0 Å². The van der Waals surface area contributed by atoms with E-state index in [2.05, 4.69) is 5.32 Å². The van der Waals surface area contributed by atoms with Crippen molar-refractivity contribution in [2.24, 2.45) is 0 Å². The number of benzene rings is 2. The number of aliphatic hydroxyl groups is 1. The molecule has 0 spiro atoms. The van der Waals surface area contributed by atoms with E-state index in [0.717, 1.165) is 23.3 Å². The van der Waals surface area contributed by atoms with Gasteiger partial charge >= 0.3 is 0 Å². The molecule has 2 aromatic rings. The van der Waals surface area contributed by atoms with Crippen molar-refractivity contribution < 1.29 is 19.4 Å². The van der Waals surface area contributed by atoms with Gasteiger partial charge in [0.25, 0.3) is 11.8 Å². The summed E-state index contributed by atoms with van der Waals surface area (Å²) in [5.41, 5.74) is 2.16. The minimum Gasteiger partial charge on any atom is -0.503 e. The summed E-state index contributed by atoms with van der Waals surface area (Å²) in [7, 11) is 1.60. The third-order valence-electron chi connectivity index (χ3n) is 5.14. The third kappa shape index (κ3) is 5.93. The fourth-order valence-electron chi connectivity index (χ4n) is 3.33. The second kappa shape index (κ2) is 10.6. The number of rotatable bonds is 9. The molecule has 0 fully saturated rings. The molecule has 0 unspecified atom stereocenters. The summed E-state index contributed by atoms with van der Waals surface area (Å²) in [4.78, 5) is 26.2. The number of hydrogen-bond acceptors (Lipinski definition) is 4.